The Morgan fingerprint density at radius 2 is 1.86 bits per heavy atom. The number of nitrogens with one attached hydrogen (secondary N) is 1. The lowest BCUT2D eigenvalue weighted by Crippen LogP contribution is -2.49. The Labute approximate surface area is 172 Å². The minimum absolute atomic E-state index is 0.171. The van der Waals surface area contributed by atoms with Crippen molar-refractivity contribution >= 4 is 45.0 Å². The van der Waals surface area contributed by atoms with Gasteiger partial charge in [-0.1, -0.05) is 23.2 Å². The van der Waals surface area contributed by atoms with Gasteiger partial charge in [-0.15, -0.1) is 0 Å². The summed E-state index contributed by atoms with van der Waals surface area (Å²) in [5, 5.41) is 0.831. The highest BCUT2D eigenvalue weighted by atomic mass is 35.5. The molecule has 0 aliphatic carbocycles. The Balaban J connectivity index is 1.76. The Kier molecular flexibility index (Phi) is 6.09. The van der Waals surface area contributed by atoms with Gasteiger partial charge in [-0.25, -0.2) is 22.5 Å². The molecule has 1 aromatic heterocycles. The van der Waals surface area contributed by atoms with E-state index in [0.29, 0.717) is 42.0 Å². The van der Waals surface area contributed by atoms with Crippen LogP contribution in [0, 0.1) is 5.82 Å². The lowest BCUT2D eigenvalue weighted by molar-refractivity contribution is 0.0741. The van der Waals surface area contributed by atoms with Gasteiger partial charge in [-0.2, -0.15) is 0 Å². The SMILES string of the molecule is CNS(=O)(=O)c1ccc(F)c(C(=O)N2CCN(c3ncc(Cl)cc3Cl)CC2)c1. The van der Waals surface area contributed by atoms with Crippen LogP contribution in [0.1, 0.15) is 10.4 Å². The summed E-state index contributed by atoms with van der Waals surface area (Å²) in [5.41, 5.74) is -0.285. The van der Waals surface area contributed by atoms with E-state index < -0.39 is 21.7 Å². The van der Waals surface area contributed by atoms with E-state index in [0.717, 1.165) is 18.2 Å². The van der Waals surface area contributed by atoms with E-state index in [2.05, 4.69) is 9.71 Å². The van der Waals surface area contributed by atoms with E-state index in [1.807, 2.05) is 4.90 Å². The molecule has 0 atom stereocenters. The quantitative estimate of drug-likeness (QED) is 0.779. The van der Waals surface area contributed by atoms with Crippen molar-refractivity contribution in [3.63, 3.8) is 0 Å². The molecule has 1 aliphatic rings. The maximum Gasteiger partial charge on any atom is 0.256 e. The normalized spacial score (nSPS) is 15.0. The number of pyridine rings is 1. The van der Waals surface area contributed by atoms with Crippen LogP contribution in [0.3, 0.4) is 0 Å². The number of carbonyl (C=O) groups excluding carboxylic acids is 1. The maximum absolute atomic E-state index is 14.2. The molecular weight excluding hydrogens is 430 g/mol. The van der Waals surface area contributed by atoms with Gasteiger partial charge in [-0.3, -0.25) is 4.79 Å². The molecule has 28 heavy (non-hydrogen) atoms. The topological polar surface area (TPSA) is 82.6 Å². The highest BCUT2D eigenvalue weighted by Crippen LogP contribution is 2.27. The van der Waals surface area contributed by atoms with Crippen LogP contribution >= 0.6 is 23.2 Å². The fourth-order valence-electron chi connectivity index (χ4n) is 2.89. The molecule has 1 fully saturated rings. The Morgan fingerprint density at radius 1 is 1.18 bits per heavy atom. The Hall–Kier alpha value is -1.94. The van der Waals surface area contributed by atoms with Crippen LogP contribution < -0.4 is 9.62 Å². The number of piperazine rings is 1. The van der Waals surface area contributed by atoms with Crippen molar-refractivity contribution in [3.05, 3.63) is 51.9 Å². The Bertz CT molecular complexity index is 1010. The standard InChI is InChI=1S/C17H17Cl2FN4O3S/c1-21-28(26,27)12-2-3-15(20)13(9-12)17(25)24-6-4-23(5-7-24)16-14(19)8-11(18)10-22-16/h2-3,8-10,21H,4-7H2,1H3. The molecule has 7 nitrogen and oxygen atoms in total. The van der Waals surface area contributed by atoms with Gasteiger partial charge in [0.05, 0.1) is 20.5 Å². The van der Waals surface area contributed by atoms with Crippen LogP contribution in [0.2, 0.25) is 10.0 Å². The number of rotatable bonds is 4. The molecule has 1 aliphatic heterocycles. The molecular formula is C17H17Cl2FN4O3S. The number of benzene rings is 1. The van der Waals surface area contributed by atoms with Crippen LogP contribution in [-0.2, 0) is 10.0 Å². The summed E-state index contributed by atoms with van der Waals surface area (Å²) in [6, 6.07) is 4.73. The number of aromatic nitrogens is 1. The minimum atomic E-state index is -3.78. The smallest absolute Gasteiger partial charge is 0.256 e. The summed E-state index contributed by atoms with van der Waals surface area (Å²) < 4.78 is 40.2. The van der Waals surface area contributed by atoms with Gasteiger partial charge < -0.3 is 9.80 Å². The van der Waals surface area contributed by atoms with Crippen molar-refractivity contribution in [2.75, 3.05) is 38.1 Å². The molecule has 0 unspecified atom stereocenters. The highest BCUT2D eigenvalue weighted by Gasteiger charge is 2.27. The van der Waals surface area contributed by atoms with Crippen LogP contribution in [0.5, 0.6) is 0 Å². The van der Waals surface area contributed by atoms with Gasteiger partial charge in [0.1, 0.15) is 11.6 Å². The largest absolute Gasteiger partial charge is 0.352 e. The molecule has 11 heteroatoms. The zero-order valence-corrected chi connectivity index (χ0v) is 17.2. The van der Waals surface area contributed by atoms with Crippen molar-refractivity contribution in [1.82, 2.24) is 14.6 Å². The first-order valence-electron chi connectivity index (χ1n) is 8.31. The average molecular weight is 447 g/mol. The first-order valence-corrected chi connectivity index (χ1v) is 10.5. The zero-order chi connectivity index (χ0) is 20.5. The number of halogens is 3. The second-order valence-electron chi connectivity index (χ2n) is 6.09. The van der Waals surface area contributed by atoms with Gasteiger partial charge in [-0.05, 0) is 31.3 Å². The third kappa shape index (κ3) is 4.22. The second kappa shape index (κ2) is 8.20. The maximum atomic E-state index is 14.2. The lowest BCUT2D eigenvalue weighted by Gasteiger charge is -2.35. The van der Waals surface area contributed by atoms with Gasteiger partial charge in [0.25, 0.3) is 5.91 Å². The molecule has 0 spiro atoms. The minimum Gasteiger partial charge on any atom is -0.352 e. The van der Waals surface area contributed by atoms with Crippen LogP contribution in [0.15, 0.2) is 35.4 Å². The molecule has 3 rings (SSSR count). The third-order valence-electron chi connectivity index (χ3n) is 4.40. The van der Waals surface area contributed by atoms with Gasteiger partial charge >= 0.3 is 0 Å². The van der Waals surface area contributed by atoms with Crippen LogP contribution in [0.4, 0.5) is 10.2 Å². The number of anilines is 1. The van der Waals surface area contributed by atoms with Crippen LogP contribution in [-0.4, -0.2) is 57.4 Å². The molecule has 1 amide bonds. The molecule has 2 heterocycles. The molecule has 150 valence electrons. The number of amides is 1. The third-order valence-corrected chi connectivity index (χ3v) is 6.30. The fourth-order valence-corrected chi connectivity index (χ4v) is 4.14. The number of sulfonamides is 1. The van der Waals surface area contributed by atoms with E-state index >= 15 is 0 Å². The van der Waals surface area contributed by atoms with Crippen molar-refractivity contribution < 1.29 is 17.6 Å². The van der Waals surface area contributed by atoms with Crippen molar-refractivity contribution in [3.8, 4) is 0 Å². The molecule has 0 radical (unpaired) electrons. The molecule has 1 saturated heterocycles. The van der Waals surface area contributed by atoms with Crippen LogP contribution in [0.25, 0.3) is 0 Å². The monoisotopic (exact) mass is 446 g/mol. The number of nitrogens with zero attached hydrogens (tertiary/aromatic N) is 3. The number of hydrogen-bond acceptors (Lipinski definition) is 5. The zero-order valence-electron chi connectivity index (χ0n) is 14.8. The molecule has 1 N–H and O–H groups in total. The summed E-state index contributed by atoms with van der Waals surface area (Å²) in [5.74, 6) is -0.781. The van der Waals surface area contributed by atoms with E-state index in [1.165, 1.54) is 18.1 Å². The predicted octanol–water partition coefficient (Wildman–Crippen LogP) is 2.40. The first-order chi connectivity index (χ1) is 13.2. The highest BCUT2D eigenvalue weighted by molar-refractivity contribution is 7.89. The lowest BCUT2D eigenvalue weighted by atomic mass is 10.1. The molecule has 2 aromatic rings. The van der Waals surface area contributed by atoms with Gasteiger partial charge in [0, 0.05) is 32.4 Å². The van der Waals surface area contributed by atoms with Crippen molar-refractivity contribution in [1.29, 1.82) is 0 Å². The summed E-state index contributed by atoms with van der Waals surface area (Å²) in [6.45, 7) is 1.50. The van der Waals surface area contributed by atoms with Crippen molar-refractivity contribution in [2.24, 2.45) is 0 Å². The first kappa shape index (κ1) is 20.8. The average Bonchev–Trinajstić information content (AvgIpc) is 2.68. The molecule has 1 aromatic carbocycles. The number of hydrogen-bond donors (Lipinski definition) is 1. The summed E-state index contributed by atoms with van der Waals surface area (Å²) in [4.78, 5) is 20.2. The van der Waals surface area contributed by atoms with E-state index in [9.17, 15) is 17.6 Å². The van der Waals surface area contributed by atoms with E-state index in [-0.39, 0.29) is 10.5 Å². The predicted molar refractivity (Wildman–Crippen MR) is 105 cm³/mol. The Morgan fingerprint density at radius 3 is 2.46 bits per heavy atom. The summed E-state index contributed by atoms with van der Waals surface area (Å²) in [7, 11) is -2.54. The van der Waals surface area contributed by atoms with Gasteiger partial charge in [0.2, 0.25) is 10.0 Å². The molecule has 0 bridgehead atoms. The molecule has 0 saturated carbocycles. The second-order valence-corrected chi connectivity index (χ2v) is 8.82. The summed E-state index contributed by atoms with van der Waals surface area (Å²) >= 11 is 12.0. The van der Waals surface area contributed by atoms with E-state index in [4.69, 9.17) is 23.2 Å². The van der Waals surface area contributed by atoms with Gasteiger partial charge in [0.15, 0.2) is 0 Å². The summed E-state index contributed by atoms with van der Waals surface area (Å²) in [6.07, 6.45) is 1.49. The fraction of sp³-hybridized carbons (Fsp3) is 0.294. The van der Waals surface area contributed by atoms with Crippen molar-refractivity contribution in [2.45, 2.75) is 4.90 Å². The number of carbonyl (C=O) groups is 1. The van der Waals surface area contributed by atoms with E-state index in [1.54, 1.807) is 6.07 Å².